The number of benzene rings is 1. The van der Waals surface area contributed by atoms with E-state index in [-0.39, 0.29) is 12.5 Å². The van der Waals surface area contributed by atoms with Crippen molar-refractivity contribution in [2.75, 3.05) is 6.54 Å². The van der Waals surface area contributed by atoms with Gasteiger partial charge in [-0.25, -0.2) is 4.39 Å². The number of carboxylic acid groups (broad SMARTS) is 1. The second-order valence-electron chi connectivity index (χ2n) is 6.08. The van der Waals surface area contributed by atoms with Crippen LogP contribution < -0.4 is 5.32 Å². The van der Waals surface area contributed by atoms with Crippen molar-refractivity contribution < 1.29 is 19.1 Å². The second kappa shape index (κ2) is 6.90. The Labute approximate surface area is 130 Å². The van der Waals surface area contributed by atoms with Gasteiger partial charge in [0.15, 0.2) is 0 Å². The van der Waals surface area contributed by atoms with Gasteiger partial charge >= 0.3 is 5.97 Å². The van der Waals surface area contributed by atoms with Crippen LogP contribution in [0.2, 0.25) is 0 Å². The van der Waals surface area contributed by atoms with Crippen molar-refractivity contribution in [2.24, 2.45) is 5.41 Å². The monoisotopic (exact) mass is 309 g/mol. The Kier molecular flexibility index (Phi) is 5.69. The standard InChI is InChI=1S/C17H24FNO3/c1-5-17(6-2,15(21)22)11-19-14(20)16(3,4)12-9-7-8-10-13(12)18/h7-10H,5-6,11H2,1-4H3,(H,19,20)(H,21,22). The summed E-state index contributed by atoms with van der Waals surface area (Å²) in [6.07, 6.45) is 0.832. The molecule has 0 bridgehead atoms. The van der Waals surface area contributed by atoms with Crippen molar-refractivity contribution in [1.82, 2.24) is 5.32 Å². The number of rotatable bonds is 7. The molecule has 1 aromatic rings. The van der Waals surface area contributed by atoms with Crippen LogP contribution in [0.5, 0.6) is 0 Å². The highest BCUT2D eigenvalue weighted by Crippen LogP contribution is 2.28. The summed E-state index contributed by atoms with van der Waals surface area (Å²) in [6.45, 7) is 6.85. The molecule has 4 nitrogen and oxygen atoms in total. The average Bonchev–Trinajstić information content (AvgIpc) is 2.48. The number of hydrogen-bond acceptors (Lipinski definition) is 2. The molecule has 0 heterocycles. The topological polar surface area (TPSA) is 66.4 Å². The summed E-state index contributed by atoms with van der Waals surface area (Å²) in [7, 11) is 0. The fraction of sp³-hybridized carbons (Fsp3) is 0.529. The maximum Gasteiger partial charge on any atom is 0.311 e. The molecule has 0 unspecified atom stereocenters. The number of carbonyl (C=O) groups excluding carboxylic acids is 1. The highest BCUT2D eigenvalue weighted by molar-refractivity contribution is 5.88. The molecule has 0 aromatic heterocycles. The third-order valence-corrected chi connectivity index (χ3v) is 4.51. The number of nitrogens with one attached hydrogen (secondary N) is 1. The van der Waals surface area contributed by atoms with E-state index in [9.17, 15) is 19.1 Å². The van der Waals surface area contributed by atoms with E-state index in [1.807, 2.05) is 0 Å². The Bertz CT molecular complexity index is 551. The van der Waals surface area contributed by atoms with Gasteiger partial charge in [0, 0.05) is 12.1 Å². The molecule has 0 radical (unpaired) electrons. The van der Waals surface area contributed by atoms with Crippen molar-refractivity contribution >= 4 is 11.9 Å². The zero-order valence-electron chi connectivity index (χ0n) is 13.6. The molecule has 0 atom stereocenters. The lowest BCUT2D eigenvalue weighted by Crippen LogP contribution is -2.47. The smallest absolute Gasteiger partial charge is 0.311 e. The summed E-state index contributed by atoms with van der Waals surface area (Å²) in [5.41, 5.74) is -1.76. The Balaban J connectivity index is 2.93. The summed E-state index contributed by atoms with van der Waals surface area (Å²) in [5.74, 6) is -1.76. The van der Waals surface area contributed by atoms with E-state index in [0.717, 1.165) is 0 Å². The van der Waals surface area contributed by atoms with Crippen LogP contribution in [-0.4, -0.2) is 23.5 Å². The maximum atomic E-state index is 13.9. The largest absolute Gasteiger partial charge is 0.481 e. The third kappa shape index (κ3) is 3.46. The van der Waals surface area contributed by atoms with Gasteiger partial charge in [0.1, 0.15) is 5.82 Å². The predicted octanol–water partition coefficient (Wildman–Crippen LogP) is 3.11. The Morgan fingerprint density at radius 1 is 1.18 bits per heavy atom. The van der Waals surface area contributed by atoms with Crippen LogP contribution in [0.15, 0.2) is 24.3 Å². The minimum absolute atomic E-state index is 0.0338. The second-order valence-corrected chi connectivity index (χ2v) is 6.08. The fourth-order valence-corrected chi connectivity index (χ4v) is 2.44. The van der Waals surface area contributed by atoms with Crippen LogP contribution in [0, 0.1) is 11.2 Å². The molecule has 2 N–H and O–H groups in total. The van der Waals surface area contributed by atoms with Gasteiger partial charge in [0.2, 0.25) is 5.91 Å². The Hall–Kier alpha value is -1.91. The molecule has 0 saturated heterocycles. The first kappa shape index (κ1) is 18.1. The van der Waals surface area contributed by atoms with Crippen molar-refractivity contribution in [3.8, 4) is 0 Å². The molecular weight excluding hydrogens is 285 g/mol. The molecular formula is C17H24FNO3. The van der Waals surface area contributed by atoms with E-state index < -0.39 is 22.6 Å². The minimum atomic E-state index is -1.07. The zero-order valence-corrected chi connectivity index (χ0v) is 13.6. The van der Waals surface area contributed by atoms with Gasteiger partial charge < -0.3 is 10.4 Å². The molecule has 1 amide bonds. The van der Waals surface area contributed by atoms with E-state index >= 15 is 0 Å². The summed E-state index contributed by atoms with van der Waals surface area (Å²) < 4.78 is 13.9. The highest BCUT2D eigenvalue weighted by atomic mass is 19.1. The van der Waals surface area contributed by atoms with Gasteiger partial charge in [-0.2, -0.15) is 0 Å². The average molecular weight is 309 g/mol. The van der Waals surface area contributed by atoms with Crippen LogP contribution in [0.3, 0.4) is 0 Å². The van der Waals surface area contributed by atoms with Gasteiger partial charge in [0.25, 0.3) is 0 Å². The summed E-state index contributed by atoms with van der Waals surface area (Å²) >= 11 is 0. The number of halogens is 1. The lowest BCUT2D eigenvalue weighted by molar-refractivity contribution is -0.149. The molecule has 0 aliphatic carbocycles. The normalized spacial score (nSPS) is 12.0. The third-order valence-electron chi connectivity index (χ3n) is 4.51. The van der Waals surface area contributed by atoms with Crippen LogP contribution in [0.1, 0.15) is 46.1 Å². The molecule has 0 aliphatic heterocycles. The summed E-state index contributed by atoms with van der Waals surface area (Å²) in [5, 5.41) is 12.1. The van der Waals surface area contributed by atoms with Gasteiger partial charge in [-0.3, -0.25) is 9.59 Å². The molecule has 122 valence electrons. The first-order valence-electron chi connectivity index (χ1n) is 7.48. The van der Waals surface area contributed by atoms with Crippen molar-refractivity contribution in [2.45, 2.75) is 46.0 Å². The SMILES string of the molecule is CCC(CC)(CNC(=O)C(C)(C)c1ccccc1F)C(=O)O. The molecule has 0 spiro atoms. The zero-order chi connectivity index (χ0) is 17.0. The molecule has 0 saturated carbocycles. The molecule has 22 heavy (non-hydrogen) atoms. The molecule has 0 aliphatic rings. The van der Waals surface area contributed by atoms with Crippen molar-refractivity contribution in [3.05, 3.63) is 35.6 Å². The summed E-state index contributed by atoms with van der Waals surface area (Å²) in [4.78, 5) is 23.9. The van der Waals surface area contributed by atoms with Gasteiger partial charge in [0.05, 0.1) is 10.8 Å². The summed E-state index contributed by atoms with van der Waals surface area (Å²) in [6, 6.07) is 6.12. The van der Waals surface area contributed by atoms with E-state index in [1.54, 1.807) is 45.9 Å². The van der Waals surface area contributed by atoms with Crippen LogP contribution >= 0.6 is 0 Å². The van der Waals surface area contributed by atoms with Crippen LogP contribution in [0.25, 0.3) is 0 Å². The van der Waals surface area contributed by atoms with Crippen molar-refractivity contribution in [1.29, 1.82) is 0 Å². The number of carbonyl (C=O) groups is 2. The number of hydrogen-bond donors (Lipinski definition) is 2. The minimum Gasteiger partial charge on any atom is -0.481 e. The Morgan fingerprint density at radius 2 is 1.73 bits per heavy atom. The van der Waals surface area contributed by atoms with Gasteiger partial charge in [-0.15, -0.1) is 0 Å². The highest BCUT2D eigenvalue weighted by Gasteiger charge is 2.38. The van der Waals surface area contributed by atoms with E-state index in [1.165, 1.54) is 6.07 Å². The van der Waals surface area contributed by atoms with Gasteiger partial charge in [-0.1, -0.05) is 32.0 Å². The number of amides is 1. The van der Waals surface area contributed by atoms with E-state index in [2.05, 4.69) is 5.32 Å². The van der Waals surface area contributed by atoms with Gasteiger partial charge in [-0.05, 0) is 32.8 Å². The maximum absolute atomic E-state index is 13.9. The Morgan fingerprint density at radius 3 is 2.18 bits per heavy atom. The fourth-order valence-electron chi connectivity index (χ4n) is 2.44. The predicted molar refractivity (Wildman–Crippen MR) is 83.1 cm³/mol. The molecule has 1 rings (SSSR count). The first-order chi connectivity index (χ1) is 10.2. The number of carboxylic acids is 1. The molecule has 1 aromatic carbocycles. The quantitative estimate of drug-likeness (QED) is 0.813. The molecule has 0 fully saturated rings. The van der Waals surface area contributed by atoms with Crippen molar-refractivity contribution in [3.63, 3.8) is 0 Å². The first-order valence-corrected chi connectivity index (χ1v) is 7.48. The molecule has 5 heteroatoms. The van der Waals surface area contributed by atoms with Crippen LogP contribution in [0.4, 0.5) is 4.39 Å². The van der Waals surface area contributed by atoms with Crippen LogP contribution in [-0.2, 0) is 15.0 Å². The van der Waals surface area contributed by atoms with E-state index in [4.69, 9.17) is 0 Å². The van der Waals surface area contributed by atoms with E-state index in [0.29, 0.717) is 18.4 Å². The number of aliphatic carboxylic acids is 1. The lowest BCUT2D eigenvalue weighted by Gasteiger charge is -2.30. The lowest BCUT2D eigenvalue weighted by atomic mass is 9.80.